The molecule has 18 heavy (non-hydrogen) atoms. The maximum absolute atomic E-state index is 11.6. The molecule has 1 fully saturated rings. The second-order valence-electron chi connectivity index (χ2n) is 4.49. The summed E-state index contributed by atoms with van der Waals surface area (Å²) in [5, 5.41) is 9.03. The zero-order valence-electron chi connectivity index (χ0n) is 10.1. The van der Waals surface area contributed by atoms with E-state index in [4.69, 9.17) is 5.11 Å². The maximum Gasteiger partial charge on any atom is 0.335 e. The summed E-state index contributed by atoms with van der Waals surface area (Å²) in [7, 11) is -3.40. The van der Waals surface area contributed by atoms with Gasteiger partial charge in [-0.25, -0.2) is 13.2 Å². The van der Waals surface area contributed by atoms with Gasteiger partial charge in [-0.3, -0.25) is 0 Å². The van der Waals surface area contributed by atoms with E-state index in [-0.39, 0.29) is 10.5 Å². The standard InChI is InChI=1S/C12H15NO4S/c1-18(16,17)11-7-9(12(14)15)6-10(8-11)13-4-2-3-5-13/h6-8H,2-5H2,1H3,(H,14,15). The Morgan fingerprint density at radius 2 is 1.83 bits per heavy atom. The molecule has 0 amide bonds. The molecule has 0 radical (unpaired) electrons. The molecule has 0 atom stereocenters. The van der Waals surface area contributed by atoms with E-state index < -0.39 is 15.8 Å². The molecule has 5 nitrogen and oxygen atoms in total. The summed E-state index contributed by atoms with van der Waals surface area (Å²) in [6, 6.07) is 4.28. The summed E-state index contributed by atoms with van der Waals surface area (Å²) in [5.41, 5.74) is 0.688. The van der Waals surface area contributed by atoms with Gasteiger partial charge in [0.1, 0.15) is 0 Å². The summed E-state index contributed by atoms with van der Waals surface area (Å²) in [6.07, 6.45) is 3.18. The zero-order chi connectivity index (χ0) is 13.3. The van der Waals surface area contributed by atoms with Gasteiger partial charge in [-0.05, 0) is 31.0 Å². The smallest absolute Gasteiger partial charge is 0.335 e. The molecule has 1 N–H and O–H groups in total. The van der Waals surface area contributed by atoms with Crippen LogP contribution in [-0.4, -0.2) is 38.8 Å². The van der Waals surface area contributed by atoms with Gasteiger partial charge in [0.15, 0.2) is 9.84 Å². The van der Waals surface area contributed by atoms with Crippen molar-refractivity contribution in [3.8, 4) is 0 Å². The minimum Gasteiger partial charge on any atom is -0.478 e. The average molecular weight is 269 g/mol. The monoisotopic (exact) mass is 269 g/mol. The first kappa shape index (κ1) is 12.9. The molecule has 0 unspecified atom stereocenters. The molecule has 0 aliphatic carbocycles. The Hall–Kier alpha value is -1.56. The fourth-order valence-electron chi connectivity index (χ4n) is 2.08. The number of benzene rings is 1. The molecule has 0 saturated carbocycles. The fourth-order valence-corrected chi connectivity index (χ4v) is 2.75. The second-order valence-corrected chi connectivity index (χ2v) is 6.50. The predicted molar refractivity (Wildman–Crippen MR) is 68.0 cm³/mol. The number of hydrogen-bond donors (Lipinski definition) is 1. The Bertz CT molecular complexity index is 574. The molecule has 0 spiro atoms. The lowest BCUT2D eigenvalue weighted by Crippen LogP contribution is -2.18. The molecule has 1 aromatic carbocycles. The second kappa shape index (κ2) is 4.61. The molecule has 6 heteroatoms. The minimum atomic E-state index is -3.40. The van der Waals surface area contributed by atoms with Crippen molar-refractivity contribution in [2.24, 2.45) is 0 Å². The summed E-state index contributed by atoms with van der Waals surface area (Å²) in [5.74, 6) is -1.11. The van der Waals surface area contributed by atoms with Crippen LogP contribution in [0.4, 0.5) is 5.69 Å². The van der Waals surface area contributed by atoms with Gasteiger partial charge in [-0.2, -0.15) is 0 Å². The molecule has 1 aliphatic rings. The number of anilines is 1. The molecule has 0 aromatic heterocycles. The SMILES string of the molecule is CS(=O)(=O)c1cc(C(=O)O)cc(N2CCCC2)c1. The Morgan fingerprint density at radius 3 is 2.33 bits per heavy atom. The summed E-state index contributed by atoms with van der Waals surface area (Å²) < 4.78 is 23.1. The number of carbonyl (C=O) groups is 1. The molecular weight excluding hydrogens is 254 g/mol. The molecule has 2 rings (SSSR count). The van der Waals surface area contributed by atoms with Crippen molar-refractivity contribution < 1.29 is 18.3 Å². The lowest BCUT2D eigenvalue weighted by molar-refractivity contribution is 0.0696. The molecule has 98 valence electrons. The third kappa shape index (κ3) is 2.64. The summed E-state index contributed by atoms with van der Waals surface area (Å²) >= 11 is 0. The van der Waals surface area contributed by atoms with Crippen LogP contribution < -0.4 is 4.90 Å². The van der Waals surface area contributed by atoms with Crippen molar-refractivity contribution in [2.75, 3.05) is 24.2 Å². The van der Waals surface area contributed by atoms with Crippen LogP contribution in [0.5, 0.6) is 0 Å². The molecule has 1 saturated heterocycles. The van der Waals surface area contributed by atoms with Crippen LogP contribution >= 0.6 is 0 Å². The molecule has 1 aromatic rings. The lowest BCUT2D eigenvalue weighted by Gasteiger charge is -2.18. The number of rotatable bonds is 3. The zero-order valence-corrected chi connectivity index (χ0v) is 10.9. The van der Waals surface area contributed by atoms with E-state index in [0.717, 1.165) is 32.2 Å². The third-order valence-corrected chi connectivity index (χ3v) is 4.13. The maximum atomic E-state index is 11.6. The van der Waals surface area contributed by atoms with E-state index >= 15 is 0 Å². The highest BCUT2D eigenvalue weighted by atomic mass is 32.2. The summed E-state index contributed by atoms with van der Waals surface area (Å²) in [4.78, 5) is 13.1. The Balaban J connectivity index is 2.52. The van der Waals surface area contributed by atoms with Crippen LogP contribution in [0.1, 0.15) is 23.2 Å². The fraction of sp³-hybridized carbons (Fsp3) is 0.417. The number of nitrogens with zero attached hydrogens (tertiary/aromatic N) is 1. The number of sulfone groups is 1. The van der Waals surface area contributed by atoms with Crippen LogP contribution in [0.3, 0.4) is 0 Å². The van der Waals surface area contributed by atoms with Crippen molar-refractivity contribution in [1.29, 1.82) is 0 Å². The van der Waals surface area contributed by atoms with Gasteiger partial charge in [0.25, 0.3) is 0 Å². The minimum absolute atomic E-state index is 0.0137. The van der Waals surface area contributed by atoms with Crippen LogP contribution in [0.25, 0.3) is 0 Å². The van der Waals surface area contributed by atoms with Crippen molar-refractivity contribution in [3.05, 3.63) is 23.8 Å². The van der Waals surface area contributed by atoms with E-state index in [1.54, 1.807) is 6.07 Å². The molecule has 1 aliphatic heterocycles. The normalized spacial score (nSPS) is 15.9. The van der Waals surface area contributed by atoms with Gasteiger partial charge in [0.05, 0.1) is 10.5 Å². The number of carboxylic acids is 1. The van der Waals surface area contributed by atoms with Crippen LogP contribution in [0, 0.1) is 0 Å². The quantitative estimate of drug-likeness (QED) is 0.897. The van der Waals surface area contributed by atoms with Gasteiger partial charge < -0.3 is 10.0 Å². The van der Waals surface area contributed by atoms with E-state index in [1.165, 1.54) is 12.1 Å². The highest BCUT2D eigenvalue weighted by Crippen LogP contribution is 2.25. The van der Waals surface area contributed by atoms with Crippen LogP contribution in [0.2, 0.25) is 0 Å². The third-order valence-electron chi connectivity index (χ3n) is 3.04. The Labute approximate surface area is 106 Å². The number of hydrogen-bond acceptors (Lipinski definition) is 4. The first-order valence-electron chi connectivity index (χ1n) is 5.71. The van der Waals surface area contributed by atoms with Crippen LogP contribution in [-0.2, 0) is 9.84 Å². The van der Waals surface area contributed by atoms with Gasteiger partial charge in [-0.15, -0.1) is 0 Å². The van der Waals surface area contributed by atoms with Crippen molar-refractivity contribution >= 4 is 21.5 Å². The highest BCUT2D eigenvalue weighted by molar-refractivity contribution is 7.90. The molecule has 0 bridgehead atoms. The van der Waals surface area contributed by atoms with Crippen molar-refractivity contribution in [1.82, 2.24) is 0 Å². The van der Waals surface area contributed by atoms with E-state index in [1.807, 2.05) is 4.90 Å². The number of aromatic carboxylic acids is 1. The summed E-state index contributed by atoms with van der Waals surface area (Å²) in [6.45, 7) is 1.68. The van der Waals surface area contributed by atoms with Gasteiger partial charge in [0, 0.05) is 25.0 Å². The van der Waals surface area contributed by atoms with Gasteiger partial charge in [0.2, 0.25) is 0 Å². The molecular formula is C12H15NO4S. The van der Waals surface area contributed by atoms with Crippen molar-refractivity contribution in [3.63, 3.8) is 0 Å². The lowest BCUT2D eigenvalue weighted by atomic mass is 10.2. The van der Waals surface area contributed by atoms with E-state index in [0.29, 0.717) is 5.69 Å². The predicted octanol–water partition coefficient (Wildman–Crippen LogP) is 1.39. The topological polar surface area (TPSA) is 74.7 Å². The van der Waals surface area contributed by atoms with E-state index in [9.17, 15) is 13.2 Å². The van der Waals surface area contributed by atoms with E-state index in [2.05, 4.69) is 0 Å². The Kier molecular flexibility index (Phi) is 3.30. The first-order chi connectivity index (χ1) is 8.38. The molecule has 1 heterocycles. The highest BCUT2D eigenvalue weighted by Gasteiger charge is 2.18. The van der Waals surface area contributed by atoms with Gasteiger partial charge >= 0.3 is 5.97 Å². The van der Waals surface area contributed by atoms with Crippen LogP contribution in [0.15, 0.2) is 23.1 Å². The largest absolute Gasteiger partial charge is 0.478 e. The first-order valence-corrected chi connectivity index (χ1v) is 7.60. The van der Waals surface area contributed by atoms with Gasteiger partial charge in [-0.1, -0.05) is 0 Å². The van der Waals surface area contributed by atoms with Crippen molar-refractivity contribution in [2.45, 2.75) is 17.7 Å². The number of carboxylic acid groups (broad SMARTS) is 1. The Morgan fingerprint density at radius 1 is 1.22 bits per heavy atom. The average Bonchev–Trinajstić information content (AvgIpc) is 2.80.